The fourth-order valence-corrected chi connectivity index (χ4v) is 4.13. The average Bonchev–Trinajstić information content (AvgIpc) is 3.25. The monoisotopic (exact) mass is 425 g/mol. The van der Waals surface area contributed by atoms with Crippen molar-refractivity contribution >= 4 is 22.9 Å². The Hall–Kier alpha value is -3.93. The van der Waals surface area contributed by atoms with Gasteiger partial charge in [0, 0.05) is 25.1 Å². The molecule has 0 fully saturated rings. The Morgan fingerprint density at radius 3 is 2.75 bits per heavy atom. The topological polar surface area (TPSA) is 73.2 Å². The number of para-hydroxylation sites is 2. The lowest BCUT2D eigenvalue weighted by atomic mass is 9.93. The van der Waals surface area contributed by atoms with Crippen LogP contribution < -0.4 is 5.32 Å². The molecule has 0 saturated heterocycles. The minimum Gasteiger partial charge on any atom is -0.454 e. The minimum atomic E-state index is -0.348. The highest BCUT2D eigenvalue weighted by molar-refractivity contribution is 5.97. The molecule has 0 radical (unpaired) electrons. The van der Waals surface area contributed by atoms with Crippen molar-refractivity contribution in [3.8, 4) is 0 Å². The standard InChI is InChI=1S/C26H23N3O3/c30-25(27-13-6-14-29-17-28-22-9-4-5-10-23(22)29)19-11-12-21-20(15-19)16-24(32-26(21)31)18-7-2-1-3-8-18/h1-5,7-12,15,17,24H,6,13-14,16H2,(H,27,30). The van der Waals surface area contributed by atoms with Gasteiger partial charge in [-0.2, -0.15) is 0 Å². The van der Waals surface area contributed by atoms with Gasteiger partial charge >= 0.3 is 5.97 Å². The molecule has 0 saturated carbocycles. The van der Waals surface area contributed by atoms with E-state index in [9.17, 15) is 9.59 Å². The first-order chi connectivity index (χ1) is 15.7. The number of esters is 1. The third-order valence-electron chi connectivity index (χ3n) is 5.80. The predicted molar refractivity (Wildman–Crippen MR) is 121 cm³/mol. The number of fused-ring (bicyclic) bond motifs is 2. The van der Waals surface area contributed by atoms with Gasteiger partial charge in [0.1, 0.15) is 6.10 Å². The zero-order valence-electron chi connectivity index (χ0n) is 17.5. The molecule has 1 atom stereocenters. The third-order valence-corrected chi connectivity index (χ3v) is 5.80. The maximum Gasteiger partial charge on any atom is 0.339 e. The third kappa shape index (κ3) is 3.99. The number of aromatic nitrogens is 2. The van der Waals surface area contributed by atoms with E-state index >= 15 is 0 Å². The molecule has 3 aromatic carbocycles. The van der Waals surface area contributed by atoms with E-state index in [0.29, 0.717) is 24.1 Å². The summed E-state index contributed by atoms with van der Waals surface area (Å²) in [6.45, 7) is 1.33. The molecule has 1 unspecified atom stereocenters. The van der Waals surface area contributed by atoms with Crippen molar-refractivity contribution in [2.75, 3.05) is 6.54 Å². The van der Waals surface area contributed by atoms with E-state index in [0.717, 1.165) is 35.1 Å². The van der Waals surface area contributed by atoms with Crippen LogP contribution in [0.5, 0.6) is 0 Å². The number of nitrogens with zero attached hydrogens (tertiary/aromatic N) is 2. The van der Waals surface area contributed by atoms with E-state index < -0.39 is 0 Å². The molecule has 32 heavy (non-hydrogen) atoms. The second-order valence-electron chi connectivity index (χ2n) is 7.92. The summed E-state index contributed by atoms with van der Waals surface area (Å²) in [5, 5.41) is 2.98. The summed E-state index contributed by atoms with van der Waals surface area (Å²) in [5.74, 6) is -0.488. The average molecular weight is 425 g/mol. The van der Waals surface area contributed by atoms with Crippen molar-refractivity contribution in [2.24, 2.45) is 0 Å². The normalized spacial score (nSPS) is 15.2. The van der Waals surface area contributed by atoms with Crippen molar-refractivity contribution in [1.82, 2.24) is 14.9 Å². The van der Waals surface area contributed by atoms with Crippen LogP contribution in [0.25, 0.3) is 11.0 Å². The van der Waals surface area contributed by atoms with Gasteiger partial charge in [-0.05, 0) is 47.9 Å². The molecular formula is C26H23N3O3. The van der Waals surface area contributed by atoms with Gasteiger partial charge in [-0.1, -0.05) is 42.5 Å². The maximum atomic E-state index is 12.7. The van der Waals surface area contributed by atoms with E-state index in [1.165, 1.54) is 0 Å². The molecule has 0 spiro atoms. The summed E-state index contributed by atoms with van der Waals surface area (Å²) in [4.78, 5) is 29.5. The molecule has 6 nitrogen and oxygen atoms in total. The van der Waals surface area contributed by atoms with E-state index in [-0.39, 0.29) is 18.0 Å². The van der Waals surface area contributed by atoms with Gasteiger partial charge in [0.2, 0.25) is 0 Å². The Balaban J connectivity index is 1.22. The van der Waals surface area contributed by atoms with Gasteiger partial charge in [0.25, 0.3) is 5.91 Å². The van der Waals surface area contributed by atoms with E-state index in [1.807, 2.05) is 67.0 Å². The zero-order valence-corrected chi connectivity index (χ0v) is 17.5. The number of imidazole rings is 1. The quantitative estimate of drug-likeness (QED) is 0.369. The molecule has 1 aliphatic heterocycles. The van der Waals surface area contributed by atoms with Crippen LogP contribution in [0.3, 0.4) is 0 Å². The van der Waals surface area contributed by atoms with Crippen molar-refractivity contribution in [3.05, 3.63) is 101 Å². The highest BCUT2D eigenvalue weighted by Gasteiger charge is 2.28. The van der Waals surface area contributed by atoms with Crippen LogP contribution >= 0.6 is 0 Å². The van der Waals surface area contributed by atoms with Gasteiger partial charge in [0.05, 0.1) is 22.9 Å². The Labute approximate surface area is 185 Å². The Morgan fingerprint density at radius 2 is 1.88 bits per heavy atom. The number of aryl methyl sites for hydroxylation is 1. The molecule has 1 aliphatic rings. The highest BCUT2D eigenvalue weighted by Crippen LogP contribution is 2.31. The van der Waals surface area contributed by atoms with Gasteiger partial charge < -0.3 is 14.6 Å². The molecule has 0 bridgehead atoms. The molecular weight excluding hydrogens is 402 g/mol. The van der Waals surface area contributed by atoms with Gasteiger partial charge in [-0.15, -0.1) is 0 Å². The first-order valence-electron chi connectivity index (χ1n) is 10.8. The van der Waals surface area contributed by atoms with Crippen molar-refractivity contribution < 1.29 is 14.3 Å². The molecule has 1 aromatic heterocycles. The molecule has 1 amide bonds. The largest absolute Gasteiger partial charge is 0.454 e. The number of rotatable bonds is 6. The van der Waals surface area contributed by atoms with Crippen LogP contribution in [-0.4, -0.2) is 28.0 Å². The lowest BCUT2D eigenvalue weighted by Gasteiger charge is -2.25. The van der Waals surface area contributed by atoms with Crippen LogP contribution in [0.4, 0.5) is 0 Å². The number of ether oxygens (including phenoxy) is 1. The summed E-state index contributed by atoms with van der Waals surface area (Å²) < 4.78 is 7.69. The Morgan fingerprint density at radius 1 is 1.06 bits per heavy atom. The van der Waals surface area contributed by atoms with Crippen molar-refractivity contribution in [2.45, 2.75) is 25.5 Å². The summed E-state index contributed by atoms with van der Waals surface area (Å²) in [6, 6.07) is 22.9. The van der Waals surface area contributed by atoms with Gasteiger partial charge in [-0.3, -0.25) is 4.79 Å². The van der Waals surface area contributed by atoms with Crippen LogP contribution in [0.15, 0.2) is 79.1 Å². The summed E-state index contributed by atoms with van der Waals surface area (Å²) in [6.07, 6.45) is 2.84. The van der Waals surface area contributed by atoms with Crippen molar-refractivity contribution in [1.29, 1.82) is 0 Å². The van der Waals surface area contributed by atoms with E-state index in [4.69, 9.17) is 4.74 Å². The number of cyclic esters (lactones) is 1. The first kappa shape index (κ1) is 20.0. The summed E-state index contributed by atoms with van der Waals surface area (Å²) in [7, 11) is 0. The van der Waals surface area contributed by atoms with Gasteiger partial charge in [-0.25, -0.2) is 9.78 Å². The lowest BCUT2D eigenvalue weighted by Crippen LogP contribution is -2.27. The first-order valence-corrected chi connectivity index (χ1v) is 10.8. The molecule has 4 aromatic rings. The van der Waals surface area contributed by atoms with Crippen LogP contribution in [-0.2, 0) is 17.7 Å². The number of nitrogens with one attached hydrogen (secondary N) is 1. The fourth-order valence-electron chi connectivity index (χ4n) is 4.13. The molecule has 0 aliphatic carbocycles. The lowest BCUT2D eigenvalue weighted by molar-refractivity contribution is 0.0252. The Kier molecular flexibility index (Phi) is 5.42. The molecule has 160 valence electrons. The SMILES string of the molecule is O=C(NCCCn1cnc2ccccc21)c1ccc2c(c1)CC(c1ccccc1)OC2=O. The number of carbonyl (C=O) groups is 2. The number of hydrogen-bond donors (Lipinski definition) is 1. The van der Waals surface area contributed by atoms with E-state index in [2.05, 4.69) is 14.9 Å². The number of amides is 1. The fraction of sp³-hybridized carbons (Fsp3) is 0.192. The maximum absolute atomic E-state index is 12.7. The number of hydrogen-bond acceptors (Lipinski definition) is 4. The second-order valence-corrected chi connectivity index (χ2v) is 7.92. The smallest absolute Gasteiger partial charge is 0.339 e. The summed E-state index contributed by atoms with van der Waals surface area (Å²) in [5.41, 5.74) is 4.94. The number of benzene rings is 3. The molecule has 6 heteroatoms. The molecule has 1 N–H and O–H groups in total. The highest BCUT2D eigenvalue weighted by atomic mass is 16.5. The van der Waals surface area contributed by atoms with Crippen LogP contribution in [0.1, 0.15) is 44.4 Å². The summed E-state index contributed by atoms with van der Waals surface area (Å²) >= 11 is 0. The van der Waals surface area contributed by atoms with E-state index in [1.54, 1.807) is 12.1 Å². The minimum absolute atomic E-state index is 0.140. The Bertz CT molecular complexity index is 1280. The number of carbonyl (C=O) groups excluding carboxylic acids is 2. The molecule has 5 rings (SSSR count). The van der Waals surface area contributed by atoms with Crippen LogP contribution in [0.2, 0.25) is 0 Å². The van der Waals surface area contributed by atoms with Crippen LogP contribution in [0, 0.1) is 0 Å². The van der Waals surface area contributed by atoms with Crippen molar-refractivity contribution in [3.63, 3.8) is 0 Å². The predicted octanol–water partition coefficient (Wildman–Crippen LogP) is 4.31. The molecule has 2 heterocycles. The zero-order chi connectivity index (χ0) is 21.9. The van der Waals surface area contributed by atoms with Gasteiger partial charge in [0.15, 0.2) is 0 Å². The second kappa shape index (κ2) is 8.67.